The lowest BCUT2D eigenvalue weighted by Crippen LogP contribution is -2.11. The van der Waals surface area contributed by atoms with Crippen molar-refractivity contribution >= 4 is 0 Å². The maximum atomic E-state index is 13.0. The van der Waals surface area contributed by atoms with E-state index in [1.54, 1.807) is 18.3 Å². The maximum absolute atomic E-state index is 13.0. The maximum Gasteiger partial charge on any atom is 0.418 e. The number of hydrogen-bond acceptors (Lipinski definition) is 5. The molecule has 0 aliphatic carbocycles. The summed E-state index contributed by atoms with van der Waals surface area (Å²) in [5, 5.41) is 6.66. The highest BCUT2D eigenvalue weighted by atomic mass is 19.4. The van der Waals surface area contributed by atoms with Gasteiger partial charge in [0.25, 0.3) is 0 Å². The van der Waals surface area contributed by atoms with Crippen LogP contribution in [0.3, 0.4) is 0 Å². The van der Waals surface area contributed by atoms with Crippen molar-refractivity contribution in [2.75, 3.05) is 0 Å². The van der Waals surface area contributed by atoms with Crippen LogP contribution in [-0.2, 0) is 12.6 Å². The van der Waals surface area contributed by atoms with Crippen LogP contribution in [0.25, 0.3) is 11.5 Å². The molecule has 1 N–H and O–H groups in total. The molecule has 0 bridgehead atoms. The fourth-order valence-corrected chi connectivity index (χ4v) is 2.34. The smallest absolute Gasteiger partial charge is 0.418 e. The summed E-state index contributed by atoms with van der Waals surface area (Å²) in [6.07, 6.45) is -1.70. The molecule has 0 radical (unpaired) electrons. The third-order valence-corrected chi connectivity index (χ3v) is 3.40. The molecule has 0 saturated heterocycles. The van der Waals surface area contributed by atoms with Gasteiger partial charge in [0.1, 0.15) is 17.3 Å². The number of alkyl halides is 3. The summed E-state index contributed by atoms with van der Waals surface area (Å²) in [7, 11) is 0. The lowest BCUT2D eigenvalue weighted by molar-refractivity contribution is -0.138. The van der Waals surface area contributed by atoms with Gasteiger partial charge >= 0.3 is 6.18 Å². The molecule has 0 aromatic carbocycles. The number of hydrogen-bond donors (Lipinski definition) is 1. The highest BCUT2D eigenvalue weighted by Gasteiger charge is 2.34. The second-order valence-corrected chi connectivity index (χ2v) is 5.82. The Kier molecular flexibility index (Phi) is 4.88. The summed E-state index contributed by atoms with van der Waals surface area (Å²) in [5.74, 6) is 1.18. The predicted molar refractivity (Wildman–Crippen MR) is 87.4 cm³/mol. The molecule has 0 fully saturated rings. The summed E-state index contributed by atoms with van der Waals surface area (Å²) >= 11 is 0. The first kappa shape index (κ1) is 17.8. The lowest BCUT2D eigenvalue weighted by Gasteiger charge is -2.10. The minimum atomic E-state index is -4.47. The zero-order chi connectivity index (χ0) is 18.7. The van der Waals surface area contributed by atoms with Gasteiger partial charge in [-0.05, 0) is 38.1 Å². The molecular formula is C17H16F3N5O. The van der Waals surface area contributed by atoms with Gasteiger partial charge in [-0.1, -0.05) is 0 Å². The van der Waals surface area contributed by atoms with Crippen molar-refractivity contribution in [1.29, 1.82) is 0 Å². The molecule has 3 aromatic rings. The Labute approximate surface area is 147 Å². The van der Waals surface area contributed by atoms with Crippen LogP contribution in [0.1, 0.15) is 30.9 Å². The molecule has 0 atom stereocenters. The second kappa shape index (κ2) is 7.11. The molecule has 3 rings (SSSR count). The fourth-order valence-electron chi connectivity index (χ4n) is 2.34. The third kappa shape index (κ3) is 4.16. The fraction of sp³-hybridized carbons (Fsp3) is 0.294. The second-order valence-electron chi connectivity index (χ2n) is 5.82. The molecule has 6 nitrogen and oxygen atoms in total. The third-order valence-electron chi connectivity index (χ3n) is 3.40. The average Bonchev–Trinajstić information content (AvgIpc) is 3.03. The highest BCUT2D eigenvalue weighted by molar-refractivity contribution is 5.49. The molecule has 3 aromatic heterocycles. The summed E-state index contributed by atoms with van der Waals surface area (Å²) in [4.78, 5) is 12.2. The van der Waals surface area contributed by atoms with Crippen LogP contribution in [0.15, 0.2) is 36.7 Å². The molecule has 0 unspecified atom stereocenters. The van der Waals surface area contributed by atoms with E-state index in [9.17, 15) is 13.2 Å². The Balaban J connectivity index is 1.79. The molecule has 0 aliphatic rings. The van der Waals surface area contributed by atoms with Crippen molar-refractivity contribution in [1.82, 2.24) is 25.1 Å². The highest BCUT2D eigenvalue weighted by Crippen LogP contribution is 2.31. The Morgan fingerprint density at radius 1 is 1.15 bits per heavy atom. The predicted octanol–water partition coefficient (Wildman–Crippen LogP) is 3.66. The van der Waals surface area contributed by atoms with Gasteiger partial charge in [0, 0.05) is 6.20 Å². The number of H-pyrrole nitrogens is 1. The van der Waals surface area contributed by atoms with E-state index in [1.165, 1.54) is 12.3 Å². The van der Waals surface area contributed by atoms with Gasteiger partial charge < -0.3 is 4.74 Å². The standard InChI is InChI=1S/C17H16F3N5O/c1-10(2)26-11-5-6-13(22-9-11)16-23-15(24-25-16)8-14-12(17(18,19)20)4-3-7-21-14/h3-7,9-10H,8H2,1-2H3,(H,23,24,25). The molecule has 0 aliphatic heterocycles. The van der Waals surface area contributed by atoms with Crippen LogP contribution in [-0.4, -0.2) is 31.3 Å². The van der Waals surface area contributed by atoms with E-state index in [-0.39, 0.29) is 24.0 Å². The van der Waals surface area contributed by atoms with Crippen LogP contribution in [0.5, 0.6) is 5.75 Å². The molecule has 26 heavy (non-hydrogen) atoms. The Hall–Kier alpha value is -2.97. The average molecular weight is 363 g/mol. The summed E-state index contributed by atoms with van der Waals surface area (Å²) in [5.41, 5.74) is -0.414. The zero-order valence-corrected chi connectivity index (χ0v) is 14.1. The van der Waals surface area contributed by atoms with E-state index in [1.807, 2.05) is 13.8 Å². The summed E-state index contributed by atoms with van der Waals surface area (Å²) in [6.45, 7) is 3.81. The first-order chi connectivity index (χ1) is 12.3. The number of nitrogens with zero attached hydrogens (tertiary/aromatic N) is 4. The van der Waals surface area contributed by atoms with Crippen molar-refractivity contribution in [2.24, 2.45) is 0 Å². The summed E-state index contributed by atoms with van der Waals surface area (Å²) in [6, 6.07) is 5.67. The molecule has 0 saturated carbocycles. The van der Waals surface area contributed by atoms with Gasteiger partial charge in [-0.3, -0.25) is 10.1 Å². The number of nitrogens with one attached hydrogen (secondary N) is 1. The van der Waals surface area contributed by atoms with Crippen LogP contribution >= 0.6 is 0 Å². The molecule has 3 heterocycles. The minimum Gasteiger partial charge on any atom is -0.489 e. The van der Waals surface area contributed by atoms with Gasteiger partial charge in [0.15, 0.2) is 5.82 Å². The molecule has 0 amide bonds. The Bertz CT molecular complexity index is 875. The molecular weight excluding hydrogens is 347 g/mol. The van der Waals surface area contributed by atoms with E-state index in [2.05, 4.69) is 25.1 Å². The van der Waals surface area contributed by atoms with Gasteiger partial charge in [-0.15, -0.1) is 0 Å². The Morgan fingerprint density at radius 3 is 2.62 bits per heavy atom. The Morgan fingerprint density at radius 2 is 1.96 bits per heavy atom. The SMILES string of the molecule is CC(C)Oc1ccc(-c2n[nH]c(Cc3ncccc3C(F)(F)F)n2)nc1. The first-order valence-corrected chi connectivity index (χ1v) is 7.88. The van der Waals surface area contributed by atoms with Crippen molar-refractivity contribution in [3.8, 4) is 17.3 Å². The topological polar surface area (TPSA) is 76.6 Å². The molecule has 0 spiro atoms. The van der Waals surface area contributed by atoms with Crippen LogP contribution in [0.4, 0.5) is 13.2 Å². The van der Waals surface area contributed by atoms with Crippen molar-refractivity contribution in [2.45, 2.75) is 32.5 Å². The van der Waals surface area contributed by atoms with Gasteiger partial charge in [-0.25, -0.2) is 9.97 Å². The van der Waals surface area contributed by atoms with E-state index >= 15 is 0 Å². The lowest BCUT2D eigenvalue weighted by atomic mass is 10.1. The van der Waals surface area contributed by atoms with E-state index in [0.29, 0.717) is 17.3 Å². The van der Waals surface area contributed by atoms with Gasteiger partial charge in [0.2, 0.25) is 0 Å². The zero-order valence-electron chi connectivity index (χ0n) is 14.1. The quantitative estimate of drug-likeness (QED) is 0.749. The van der Waals surface area contributed by atoms with E-state index in [4.69, 9.17) is 4.74 Å². The number of aromatic nitrogens is 5. The normalized spacial score (nSPS) is 11.8. The number of rotatable bonds is 5. The number of ether oxygens (including phenoxy) is 1. The number of halogens is 3. The molecule has 9 heteroatoms. The largest absolute Gasteiger partial charge is 0.489 e. The van der Waals surface area contributed by atoms with Crippen molar-refractivity contribution in [3.05, 3.63) is 53.7 Å². The van der Waals surface area contributed by atoms with Gasteiger partial charge in [-0.2, -0.15) is 18.3 Å². The number of pyridine rings is 2. The van der Waals surface area contributed by atoms with Gasteiger partial charge in [0.05, 0.1) is 30.0 Å². The monoisotopic (exact) mass is 363 g/mol. The van der Waals surface area contributed by atoms with E-state index in [0.717, 1.165) is 6.07 Å². The summed E-state index contributed by atoms with van der Waals surface area (Å²) < 4.78 is 44.6. The van der Waals surface area contributed by atoms with Crippen molar-refractivity contribution in [3.63, 3.8) is 0 Å². The van der Waals surface area contributed by atoms with E-state index < -0.39 is 11.7 Å². The minimum absolute atomic E-state index is 0.0268. The van der Waals surface area contributed by atoms with Crippen LogP contribution < -0.4 is 4.74 Å². The molecule has 136 valence electrons. The van der Waals surface area contributed by atoms with Crippen LogP contribution in [0, 0.1) is 0 Å². The van der Waals surface area contributed by atoms with Crippen LogP contribution in [0.2, 0.25) is 0 Å². The van der Waals surface area contributed by atoms with Crippen molar-refractivity contribution < 1.29 is 17.9 Å². The number of aromatic amines is 1. The first-order valence-electron chi connectivity index (χ1n) is 7.88.